The second-order valence-corrected chi connectivity index (χ2v) is 14.4. The van der Waals surface area contributed by atoms with Crippen molar-refractivity contribution in [2.24, 2.45) is 11.8 Å². The number of piperazine rings is 2. The number of carbonyl (C=O) groups is 4. The molecule has 6 heterocycles. The van der Waals surface area contributed by atoms with E-state index < -0.39 is 47.3 Å². The Hall–Kier alpha value is -4.08. The zero-order valence-corrected chi connectivity index (χ0v) is 25.6. The second-order valence-electron chi connectivity index (χ2n) is 14.4. The number of nitrogens with zero attached hydrogens (tertiary/aromatic N) is 2. The lowest BCUT2D eigenvalue weighted by Crippen LogP contribution is -2.66. The summed E-state index contributed by atoms with van der Waals surface area (Å²) in [5.74, 6) is 0.0113. The molecule has 0 spiro atoms. The van der Waals surface area contributed by atoms with Crippen LogP contribution in [0, 0.1) is 11.8 Å². The molecule has 0 unspecified atom stereocenters. The molecule has 4 N–H and O–H groups in total. The van der Waals surface area contributed by atoms with Gasteiger partial charge in [0.2, 0.25) is 23.6 Å². The van der Waals surface area contributed by atoms with Crippen molar-refractivity contribution >= 4 is 35.0 Å². The summed E-state index contributed by atoms with van der Waals surface area (Å²) < 4.78 is 0. The zero-order chi connectivity index (χ0) is 30.7. The third-order valence-corrected chi connectivity index (χ3v) is 11.1. The van der Waals surface area contributed by atoms with Gasteiger partial charge in [0.05, 0.1) is 10.8 Å². The molecule has 0 bridgehead atoms. The lowest BCUT2D eigenvalue weighted by molar-refractivity contribution is -0.149. The summed E-state index contributed by atoms with van der Waals surface area (Å²) in [4.78, 5) is 60.0. The van der Waals surface area contributed by atoms with Gasteiger partial charge in [-0.25, -0.2) is 0 Å². The summed E-state index contributed by atoms with van der Waals surface area (Å²) >= 11 is 0. The van der Waals surface area contributed by atoms with Crippen LogP contribution in [0.5, 0.6) is 0 Å². The molecule has 2 aromatic rings. The Kier molecular flexibility index (Phi) is 5.75. The van der Waals surface area contributed by atoms with Crippen LogP contribution in [0.25, 0.3) is 0 Å². The third kappa shape index (κ3) is 3.31. The summed E-state index contributed by atoms with van der Waals surface area (Å²) in [6.45, 7) is 8.21. The Balaban J connectivity index is 1.35. The Morgan fingerprint density at radius 2 is 1.02 bits per heavy atom. The first-order valence-corrected chi connectivity index (χ1v) is 16.1. The lowest BCUT2D eigenvalue weighted by atomic mass is 9.54. The fourth-order valence-corrected chi connectivity index (χ4v) is 9.67. The summed E-state index contributed by atoms with van der Waals surface area (Å²) in [7, 11) is 0. The molecule has 6 aliphatic heterocycles. The van der Waals surface area contributed by atoms with Crippen molar-refractivity contribution < 1.29 is 19.2 Å². The van der Waals surface area contributed by atoms with E-state index in [-0.39, 0.29) is 35.5 Å². The largest absolute Gasteiger partial charge is 0.364 e. The Morgan fingerprint density at radius 3 is 1.41 bits per heavy atom. The molecule has 10 nitrogen and oxygen atoms in total. The Labute approximate surface area is 257 Å². The molecule has 8 rings (SSSR count). The molecule has 8 atom stereocenters. The topological polar surface area (TPSA) is 123 Å². The van der Waals surface area contributed by atoms with E-state index in [2.05, 4.69) is 61.1 Å². The second kappa shape index (κ2) is 9.22. The zero-order valence-electron chi connectivity index (χ0n) is 25.6. The molecule has 0 saturated carbocycles. The number of amides is 4. The van der Waals surface area contributed by atoms with Crippen molar-refractivity contribution in [3.63, 3.8) is 0 Å². The monoisotopic (exact) mass is 596 g/mol. The van der Waals surface area contributed by atoms with Crippen molar-refractivity contribution in [2.45, 2.75) is 101 Å². The van der Waals surface area contributed by atoms with Crippen LogP contribution in [-0.4, -0.2) is 69.9 Å². The van der Waals surface area contributed by atoms with Crippen molar-refractivity contribution in [1.29, 1.82) is 0 Å². The quantitative estimate of drug-likeness (QED) is 0.421. The number of benzene rings is 2. The minimum Gasteiger partial charge on any atom is -0.364 e. The SMILES string of the molecule is CC(C)C[C@H]1NC(=O)[C@H]2C[C@@]3([C@@]45C[C@@H]6C(=O)N[C@H](CC(C)C)C(=O)N6[C@@H]4Nc4ccccc45)c4ccccc4N[C@H]3N2C1=O. The van der Waals surface area contributed by atoms with Crippen LogP contribution in [0.15, 0.2) is 48.5 Å². The highest BCUT2D eigenvalue weighted by Crippen LogP contribution is 2.68. The molecule has 6 aliphatic rings. The number of rotatable bonds is 5. The number of nitrogens with one attached hydrogen (secondary N) is 4. The normalized spacial score (nSPS) is 36.2. The van der Waals surface area contributed by atoms with Gasteiger partial charge < -0.3 is 31.1 Å². The van der Waals surface area contributed by atoms with E-state index in [0.717, 1.165) is 22.5 Å². The molecular weight excluding hydrogens is 556 g/mol. The molecule has 0 aromatic heterocycles. The number of para-hydroxylation sites is 2. The van der Waals surface area contributed by atoms with Crippen molar-refractivity contribution in [3.05, 3.63) is 59.7 Å². The number of hydrogen-bond acceptors (Lipinski definition) is 6. The highest BCUT2D eigenvalue weighted by atomic mass is 16.2. The average molecular weight is 597 g/mol. The van der Waals surface area contributed by atoms with Gasteiger partial charge in [-0.05, 0) is 60.8 Å². The van der Waals surface area contributed by atoms with Gasteiger partial charge >= 0.3 is 0 Å². The maximum absolute atomic E-state index is 14.3. The van der Waals surface area contributed by atoms with Crippen LogP contribution < -0.4 is 21.3 Å². The first-order valence-electron chi connectivity index (χ1n) is 16.1. The number of anilines is 2. The standard InChI is InChI=1S/C34H40N6O4/c1-17(2)13-23-29(43)39-25(27(41)35-23)15-33(19-9-5-7-11-21(19)37-31(33)39)34-16-26-28(42)36-24(14-18(3)4)30(44)40(26)32(34)38-22-12-8-6-10-20(22)34/h5-12,17-18,23-26,31-32,37-38H,13-16H2,1-4H3,(H,35,41)(H,36,42)/t23-,24-,25-,26-,31+,32+,33-,34-/m1/s1. The summed E-state index contributed by atoms with van der Waals surface area (Å²) in [5, 5.41) is 13.5. The van der Waals surface area contributed by atoms with E-state index in [1.54, 1.807) is 9.80 Å². The Morgan fingerprint density at radius 1 is 0.636 bits per heavy atom. The van der Waals surface area contributed by atoms with E-state index in [0.29, 0.717) is 25.7 Å². The molecule has 230 valence electrons. The molecule has 0 radical (unpaired) electrons. The average Bonchev–Trinajstić information content (AvgIpc) is 3.68. The van der Waals surface area contributed by atoms with Crippen molar-refractivity contribution in [3.8, 4) is 0 Å². The van der Waals surface area contributed by atoms with Gasteiger partial charge in [-0.15, -0.1) is 0 Å². The molecule has 0 aliphatic carbocycles. The molecule has 4 fully saturated rings. The van der Waals surface area contributed by atoms with Gasteiger partial charge in [0, 0.05) is 11.4 Å². The molecule has 44 heavy (non-hydrogen) atoms. The van der Waals surface area contributed by atoms with Gasteiger partial charge in [-0.2, -0.15) is 0 Å². The minimum atomic E-state index is -0.802. The van der Waals surface area contributed by atoms with Gasteiger partial charge in [0.15, 0.2) is 0 Å². The maximum Gasteiger partial charge on any atom is 0.247 e. The van der Waals surface area contributed by atoms with E-state index in [1.165, 1.54) is 0 Å². The fourth-order valence-electron chi connectivity index (χ4n) is 9.67. The predicted octanol–water partition coefficient (Wildman–Crippen LogP) is 2.66. The molecule has 4 saturated heterocycles. The van der Waals surface area contributed by atoms with E-state index >= 15 is 0 Å². The lowest BCUT2D eigenvalue weighted by Gasteiger charge is -2.48. The van der Waals surface area contributed by atoms with Gasteiger partial charge in [-0.3, -0.25) is 19.2 Å². The first kappa shape index (κ1) is 27.5. The van der Waals surface area contributed by atoms with Gasteiger partial charge in [-0.1, -0.05) is 64.1 Å². The maximum atomic E-state index is 14.3. The summed E-state index contributed by atoms with van der Waals surface area (Å²) in [5.41, 5.74) is 2.29. The van der Waals surface area contributed by atoms with Crippen molar-refractivity contribution in [1.82, 2.24) is 20.4 Å². The number of hydrogen-bond donors (Lipinski definition) is 4. The van der Waals surface area contributed by atoms with Gasteiger partial charge in [0.25, 0.3) is 0 Å². The van der Waals surface area contributed by atoms with Crippen LogP contribution in [0.2, 0.25) is 0 Å². The highest BCUT2D eigenvalue weighted by molar-refractivity contribution is 6.01. The van der Waals surface area contributed by atoms with E-state index in [1.807, 2.05) is 36.4 Å². The predicted molar refractivity (Wildman–Crippen MR) is 164 cm³/mol. The van der Waals surface area contributed by atoms with Crippen LogP contribution in [0.1, 0.15) is 64.5 Å². The molecule has 4 amide bonds. The van der Waals surface area contributed by atoms with Crippen LogP contribution in [-0.2, 0) is 30.0 Å². The van der Waals surface area contributed by atoms with Gasteiger partial charge in [0.1, 0.15) is 36.5 Å². The number of fused-ring (bicyclic) bond motifs is 11. The van der Waals surface area contributed by atoms with Crippen molar-refractivity contribution in [2.75, 3.05) is 10.6 Å². The first-order chi connectivity index (χ1) is 21.1. The highest BCUT2D eigenvalue weighted by Gasteiger charge is 2.78. The fraction of sp³-hybridized carbons (Fsp3) is 0.529. The summed E-state index contributed by atoms with van der Waals surface area (Å²) in [6.07, 6.45) is 0.817. The van der Waals surface area contributed by atoms with Crippen LogP contribution in [0.4, 0.5) is 11.4 Å². The Bertz CT molecular complexity index is 1490. The minimum absolute atomic E-state index is 0.0794. The molecule has 10 heteroatoms. The van der Waals surface area contributed by atoms with E-state index in [9.17, 15) is 19.2 Å². The molecule has 2 aromatic carbocycles. The van der Waals surface area contributed by atoms with Crippen LogP contribution >= 0.6 is 0 Å². The third-order valence-electron chi connectivity index (χ3n) is 11.1. The molecular formula is C34H40N6O4. The number of carbonyl (C=O) groups excluding carboxylic acids is 4. The van der Waals surface area contributed by atoms with E-state index in [4.69, 9.17) is 0 Å². The smallest absolute Gasteiger partial charge is 0.247 e. The van der Waals surface area contributed by atoms with Crippen LogP contribution in [0.3, 0.4) is 0 Å². The summed E-state index contributed by atoms with van der Waals surface area (Å²) in [6, 6.07) is 13.7.